The molecule has 2 aliphatic rings. The molecule has 156 valence electrons. The largest absolute Gasteiger partial charge is 0.465 e. The predicted octanol–water partition coefficient (Wildman–Crippen LogP) is 3.66. The van der Waals surface area contributed by atoms with Crippen LogP contribution in [0.25, 0.3) is 0 Å². The van der Waals surface area contributed by atoms with E-state index in [1.54, 1.807) is 6.92 Å². The van der Waals surface area contributed by atoms with Crippen molar-refractivity contribution in [3.05, 3.63) is 12.2 Å². The number of carbonyl (C=O) groups is 2. The van der Waals surface area contributed by atoms with Gasteiger partial charge >= 0.3 is 11.9 Å². The zero-order chi connectivity index (χ0) is 19.9. The number of ether oxygens (including phenoxy) is 4. The van der Waals surface area contributed by atoms with Gasteiger partial charge in [0, 0.05) is 32.5 Å². The Morgan fingerprint density at radius 3 is 2.11 bits per heavy atom. The first kappa shape index (κ1) is 24.1. The SMILES string of the molecule is CCOC(=O)/C=C/C1CCOCC1.CCOC(=O)C(Br)CC1CCOCC1. The molecule has 2 rings (SSSR count). The van der Waals surface area contributed by atoms with Crippen LogP contribution >= 0.6 is 15.9 Å². The van der Waals surface area contributed by atoms with Crippen LogP contribution in [0.5, 0.6) is 0 Å². The van der Waals surface area contributed by atoms with Crippen molar-refractivity contribution in [3.8, 4) is 0 Å². The van der Waals surface area contributed by atoms with E-state index in [1.165, 1.54) is 6.08 Å². The fourth-order valence-electron chi connectivity index (χ4n) is 2.92. The molecular weight excluding hydrogens is 416 g/mol. The molecule has 2 aliphatic heterocycles. The van der Waals surface area contributed by atoms with Crippen molar-refractivity contribution in [2.45, 2.75) is 50.8 Å². The lowest BCUT2D eigenvalue weighted by Crippen LogP contribution is -2.24. The fourth-order valence-corrected chi connectivity index (χ4v) is 3.58. The Morgan fingerprint density at radius 1 is 1.00 bits per heavy atom. The number of esters is 2. The second kappa shape index (κ2) is 15.1. The first-order valence-corrected chi connectivity index (χ1v) is 10.8. The molecular formula is C20H33BrO6. The van der Waals surface area contributed by atoms with Crippen LogP contribution in [0.3, 0.4) is 0 Å². The van der Waals surface area contributed by atoms with Gasteiger partial charge in [-0.15, -0.1) is 0 Å². The van der Waals surface area contributed by atoms with Crippen molar-refractivity contribution in [2.75, 3.05) is 39.6 Å². The van der Waals surface area contributed by atoms with Gasteiger partial charge in [0.2, 0.25) is 0 Å². The van der Waals surface area contributed by atoms with Gasteiger partial charge in [0.25, 0.3) is 0 Å². The Labute approximate surface area is 171 Å². The van der Waals surface area contributed by atoms with E-state index in [0.717, 1.165) is 58.5 Å². The molecule has 6 nitrogen and oxygen atoms in total. The van der Waals surface area contributed by atoms with E-state index >= 15 is 0 Å². The molecule has 0 N–H and O–H groups in total. The lowest BCUT2D eigenvalue weighted by atomic mass is 9.95. The molecule has 0 aromatic rings. The van der Waals surface area contributed by atoms with Crippen LogP contribution in [-0.4, -0.2) is 56.4 Å². The third kappa shape index (κ3) is 11.5. The van der Waals surface area contributed by atoms with E-state index in [4.69, 9.17) is 18.9 Å². The van der Waals surface area contributed by atoms with Crippen molar-refractivity contribution >= 4 is 27.9 Å². The van der Waals surface area contributed by atoms with Crippen LogP contribution in [0, 0.1) is 11.8 Å². The highest BCUT2D eigenvalue weighted by atomic mass is 79.9. The van der Waals surface area contributed by atoms with Crippen LogP contribution < -0.4 is 0 Å². The first-order chi connectivity index (χ1) is 13.1. The lowest BCUT2D eigenvalue weighted by Gasteiger charge is -2.23. The molecule has 0 saturated carbocycles. The summed E-state index contributed by atoms with van der Waals surface area (Å²) < 4.78 is 20.2. The van der Waals surface area contributed by atoms with Gasteiger partial charge in [-0.25, -0.2) is 4.79 Å². The molecule has 1 unspecified atom stereocenters. The minimum absolute atomic E-state index is 0.140. The number of hydrogen-bond donors (Lipinski definition) is 0. The standard InChI is InChI=1S/C10H17BrO3.C10H16O3/c1-2-14-10(12)9(11)7-8-3-5-13-6-4-8;1-2-13-10(11)4-3-9-5-7-12-8-6-9/h8-9H,2-7H2,1H3;3-4,9H,2,5-8H2,1H3/b;4-3+. The second-order valence-corrected chi connectivity index (χ2v) is 7.68. The molecule has 7 heteroatoms. The van der Waals surface area contributed by atoms with Crippen LogP contribution in [0.1, 0.15) is 46.0 Å². The molecule has 27 heavy (non-hydrogen) atoms. The Hall–Kier alpha value is -0.920. The third-order valence-corrected chi connectivity index (χ3v) is 5.23. The van der Waals surface area contributed by atoms with Gasteiger partial charge in [0.15, 0.2) is 0 Å². The van der Waals surface area contributed by atoms with E-state index in [-0.39, 0.29) is 16.8 Å². The monoisotopic (exact) mass is 448 g/mol. The molecule has 0 spiro atoms. The van der Waals surface area contributed by atoms with E-state index in [9.17, 15) is 9.59 Å². The summed E-state index contributed by atoms with van der Waals surface area (Å²) in [5.74, 6) is 0.698. The molecule has 1 atom stereocenters. The van der Waals surface area contributed by atoms with E-state index in [0.29, 0.717) is 25.0 Å². The highest BCUT2D eigenvalue weighted by molar-refractivity contribution is 9.10. The van der Waals surface area contributed by atoms with Gasteiger partial charge in [-0.2, -0.15) is 0 Å². The molecule has 0 aliphatic carbocycles. The number of alkyl halides is 1. The summed E-state index contributed by atoms with van der Waals surface area (Å²) >= 11 is 3.36. The summed E-state index contributed by atoms with van der Waals surface area (Å²) in [6, 6.07) is 0. The molecule has 0 radical (unpaired) electrons. The lowest BCUT2D eigenvalue weighted by molar-refractivity contribution is -0.142. The molecule has 0 amide bonds. The predicted molar refractivity (Wildman–Crippen MR) is 107 cm³/mol. The van der Waals surface area contributed by atoms with Crippen LogP contribution in [-0.2, 0) is 28.5 Å². The average molecular weight is 449 g/mol. The Morgan fingerprint density at radius 2 is 1.56 bits per heavy atom. The summed E-state index contributed by atoms with van der Waals surface area (Å²) in [5.41, 5.74) is 0. The van der Waals surface area contributed by atoms with E-state index in [2.05, 4.69) is 15.9 Å². The van der Waals surface area contributed by atoms with Crippen molar-refractivity contribution < 1.29 is 28.5 Å². The van der Waals surface area contributed by atoms with Crippen molar-refractivity contribution in [1.82, 2.24) is 0 Å². The Kier molecular flexibility index (Phi) is 13.4. The van der Waals surface area contributed by atoms with Gasteiger partial charge in [0.1, 0.15) is 4.83 Å². The maximum atomic E-state index is 11.3. The smallest absolute Gasteiger partial charge is 0.330 e. The van der Waals surface area contributed by atoms with Crippen molar-refractivity contribution in [1.29, 1.82) is 0 Å². The number of allylic oxidation sites excluding steroid dienone is 1. The number of carbonyl (C=O) groups excluding carboxylic acids is 2. The van der Waals surface area contributed by atoms with E-state index < -0.39 is 0 Å². The highest BCUT2D eigenvalue weighted by Crippen LogP contribution is 2.23. The van der Waals surface area contributed by atoms with Crippen molar-refractivity contribution in [3.63, 3.8) is 0 Å². The fraction of sp³-hybridized carbons (Fsp3) is 0.800. The summed E-state index contributed by atoms with van der Waals surface area (Å²) in [6.45, 7) is 7.79. The maximum absolute atomic E-state index is 11.3. The van der Waals surface area contributed by atoms with Crippen LogP contribution in [0.4, 0.5) is 0 Å². The first-order valence-electron chi connectivity index (χ1n) is 9.87. The van der Waals surface area contributed by atoms with Gasteiger partial charge < -0.3 is 18.9 Å². The Balaban J connectivity index is 0.000000271. The Bertz CT molecular complexity index is 442. The quantitative estimate of drug-likeness (QED) is 0.336. The van der Waals surface area contributed by atoms with Crippen LogP contribution in [0.15, 0.2) is 12.2 Å². The van der Waals surface area contributed by atoms with E-state index in [1.807, 2.05) is 13.0 Å². The minimum atomic E-state index is -0.242. The summed E-state index contributed by atoms with van der Waals surface area (Å²) in [5, 5.41) is 0. The highest BCUT2D eigenvalue weighted by Gasteiger charge is 2.23. The van der Waals surface area contributed by atoms with Gasteiger partial charge in [-0.05, 0) is 57.8 Å². The van der Waals surface area contributed by atoms with Gasteiger partial charge in [0.05, 0.1) is 13.2 Å². The topological polar surface area (TPSA) is 71.1 Å². The summed E-state index contributed by atoms with van der Waals surface area (Å²) in [6.07, 6.45) is 8.46. The summed E-state index contributed by atoms with van der Waals surface area (Å²) in [4.78, 5) is 22.1. The molecule has 0 bridgehead atoms. The zero-order valence-electron chi connectivity index (χ0n) is 16.5. The van der Waals surface area contributed by atoms with Crippen molar-refractivity contribution in [2.24, 2.45) is 11.8 Å². The number of hydrogen-bond acceptors (Lipinski definition) is 6. The molecule has 2 heterocycles. The third-order valence-electron chi connectivity index (χ3n) is 4.48. The van der Waals surface area contributed by atoms with Crippen LogP contribution in [0.2, 0.25) is 0 Å². The average Bonchev–Trinajstić information content (AvgIpc) is 2.69. The molecule has 0 aromatic carbocycles. The van der Waals surface area contributed by atoms with Gasteiger partial charge in [-0.1, -0.05) is 22.0 Å². The normalized spacial score (nSPS) is 19.8. The molecule has 2 fully saturated rings. The molecule has 2 saturated heterocycles. The van der Waals surface area contributed by atoms with Gasteiger partial charge in [-0.3, -0.25) is 4.79 Å². The number of rotatable bonds is 7. The molecule has 0 aromatic heterocycles. The maximum Gasteiger partial charge on any atom is 0.330 e. The second-order valence-electron chi connectivity index (χ2n) is 6.57. The minimum Gasteiger partial charge on any atom is -0.465 e. The number of halogens is 1. The zero-order valence-corrected chi connectivity index (χ0v) is 18.1. The summed E-state index contributed by atoms with van der Waals surface area (Å²) in [7, 11) is 0.